The lowest BCUT2D eigenvalue weighted by atomic mass is 10.1. The molecule has 5 heteroatoms. The van der Waals surface area contributed by atoms with Crippen LogP contribution in [0, 0.1) is 5.92 Å². The highest BCUT2D eigenvalue weighted by atomic mass is 32.2. The Bertz CT molecular complexity index is 297. The molecular formula is C8H15NO3S. The Morgan fingerprint density at radius 3 is 2.54 bits per heavy atom. The van der Waals surface area contributed by atoms with Crippen molar-refractivity contribution in [3.05, 3.63) is 0 Å². The summed E-state index contributed by atoms with van der Waals surface area (Å²) in [6, 6.07) is 0. The summed E-state index contributed by atoms with van der Waals surface area (Å²) in [6.07, 6.45) is 0.492. The normalized spacial score (nSPS) is 25.8. The lowest BCUT2D eigenvalue weighted by Gasteiger charge is -2.17. The fraction of sp³-hybridized carbons (Fsp3) is 0.875. The fourth-order valence-corrected chi connectivity index (χ4v) is 3.19. The van der Waals surface area contributed by atoms with Gasteiger partial charge in [-0.15, -0.1) is 0 Å². The van der Waals surface area contributed by atoms with Gasteiger partial charge >= 0.3 is 0 Å². The molecule has 1 fully saturated rings. The zero-order chi connectivity index (χ0) is 10.1. The van der Waals surface area contributed by atoms with E-state index in [1.54, 1.807) is 11.9 Å². The summed E-state index contributed by atoms with van der Waals surface area (Å²) < 4.78 is 22.2. The van der Waals surface area contributed by atoms with E-state index in [0.29, 0.717) is 13.0 Å². The molecule has 1 atom stereocenters. The summed E-state index contributed by atoms with van der Waals surface area (Å²) in [5.41, 5.74) is 0. The maximum Gasteiger partial charge on any atom is 0.226 e. The molecule has 0 saturated carbocycles. The molecular weight excluding hydrogens is 190 g/mol. The second kappa shape index (κ2) is 3.65. The number of carbonyl (C=O) groups excluding carboxylic acids is 1. The minimum atomic E-state index is -2.93. The maximum atomic E-state index is 11.5. The van der Waals surface area contributed by atoms with E-state index in [-0.39, 0.29) is 23.3 Å². The molecule has 1 unspecified atom stereocenters. The first-order valence-corrected chi connectivity index (χ1v) is 6.24. The molecule has 4 nitrogen and oxygen atoms in total. The van der Waals surface area contributed by atoms with E-state index < -0.39 is 9.84 Å². The van der Waals surface area contributed by atoms with Crippen LogP contribution in [0.1, 0.15) is 13.3 Å². The number of rotatable bonds is 2. The summed E-state index contributed by atoms with van der Waals surface area (Å²) in [7, 11) is -1.23. The SMILES string of the molecule is CCN(C)C(=O)C1CCS(=O)(=O)C1. The predicted molar refractivity (Wildman–Crippen MR) is 50.1 cm³/mol. The van der Waals surface area contributed by atoms with Crippen LogP contribution in [-0.2, 0) is 14.6 Å². The molecule has 0 aromatic heterocycles. The molecule has 1 amide bonds. The van der Waals surface area contributed by atoms with Crippen LogP contribution < -0.4 is 0 Å². The zero-order valence-electron chi connectivity index (χ0n) is 7.99. The van der Waals surface area contributed by atoms with Gasteiger partial charge in [0.05, 0.1) is 17.4 Å². The molecule has 1 rings (SSSR count). The van der Waals surface area contributed by atoms with E-state index >= 15 is 0 Å². The summed E-state index contributed by atoms with van der Waals surface area (Å²) in [4.78, 5) is 13.1. The van der Waals surface area contributed by atoms with E-state index in [9.17, 15) is 13.2 Å². The molecule has 1 heterocycles. The molecule has 13 heavy (non-hydrogen) atoms. The Labute approximate surface area is 78.8 Å². The van der Waals surface area contributed by atoms with Crippen LogP contribution in [-0.4, -0.2) is 44.3 Å². The number of sulfone groups is 1. The van der Waals surface area contributed by atoms with Crippen molar-refractivity contribution in [2.24, 2.45) is 5.92 Å². The summed E-state index contributed by atoms with van der Waals surface area (Å²) in [6.45, 7) is 2.51. The Balaban J connectivity index is 2.62. The van der Waals surface area contributed by atoms with Gasteiger partial charge in [-0.25, -0.2) is 8.42 Å². The molecule has 0 bridgehead atoms. The lowest BCUT2D eigenvalue weighted by molar-refractivity contribution is -0.133. The zero-order valence-corrected chi connectivity index (χ0v) is 8.80. The van der Waals surface area contributed by atoms with Crippen LogP contribution in [0.4, 0.5) is 0 Å². The molecule has 0 spiro atoms. The van der Waals surface area contributed by atoms with Gasteiger partial charge in [-0.3, -0.25) is 4.79 Å². The number of nitrogens with zero attached hydrogens (tertiary/aromatic N) is 1. The summed E-state index contributed by atoms with van der Waals surface area (Å²) in [5.74, 6) is -0.129. The average Bonchev–Trinajstić information content (AvgIpc) is 2.43. The summed E-state index contributed by atoms with van der Waals surface area (Å²) in [5, 5.41) is 0. The van der Waals surface area contributed by atoms with Crippen molar-refractivity contribution in [1.29, 1.82) is 0 Å². The van der Waals surface area contributed by atoms with Crippen molar-refractivity contribution in [2.45, 2.75) is 13.3 Å². The van der Waals surface area contributed by atoms with Crippen LogP contribution in [0.2, 0.25) is 0 Å². The van der Waals surface area contributed by atoms with Gasteiger partial charge < -0.3 is 4.90 Å². The van der Waals surface area contributed by atoms with Crippen LogP contribution in [0.5, 0.6) is 0 Å². The number of hydrogen-bond donors (Lipinski definition) is 0. The Morgan fingerprint density at radius 2 is 2.15 bits per heavy atom. The number of amides is 1. The van der Waals surface area contributed by atoms with Crippen LogP contribution in [0.15, 0.2) is 0 Å². The standard InChI is InChI=1S/C8H15NO3S/c1-3-9(2)8(10)7-4-5-13(11,12)6-7/h7H,3-6H2,1-2H3. The van der Waals surface area contributed by atoms with Gasteiger partial charge in [-0.05, 0) is 13.3 Å². The Morgan fingerprint density at radius 1 is 1.54 bits per heavy atom. The first kappa shape index (κ1) is 10.5. The monoisotopic (exact) mass is 205 g/mol. The van der Waals surface area contributed by atoms with Gasteiger partial charge in [0.2, 0.25) is 5.91 Å². The van der Waals surface area contributed by atoms with E-state index in [1.807, 2.05) is 6.92 Å². The van der Waals surface area contributed by atoms with Gasteiger partial charge in [-0.1, -0.05) is 0 Å². The second-order valence-corrected chi connectivity index (χ2v) is 5.68. The van der Waals surface area contributed by atoms with E-state index in [4.69, 9.17) is 0 Å². The van der Waals surface area contributed by atoms with Gasteiger partial charge in [-0.2, -0.15) is 0 Å². The molecule has 1 aliphatic heterocycles. The molecule has 76 valence electrons. The third kappa shape index (κ3) is 2.43. The largest absolute Gasteiger partial charge is 0.346 e. The minimum Gasteiger partial charge on any atom is -0.346 e. The third-order valence-corrected chi connectivity index (χ3v) is 4.20. The van der Waals surface area contributed by atoms with Gasteiger partial charge in [0.1, 0.15) is 0 Å². The molecule has 0 aromatic carbocycles. The van der Waals surface area contributed by atoms with Crippen LogP contribution >= 0.6 is 0 Å². The second-order valence-electron chi connectivity index (χ2n) is 3.45. The smallest absolute Gasteiger partial charge is 0.226 e. The Kier molecular flexibility index (Phi) is 2.95. The molecule has 0 radical (unpaired) electrons. The van der Waals surface area contributed by atoms with Crippen molar-refractivity contribution in [1.82, 2.24) is 4.90 Å². The number of carbonyl (C=O) groups is 1. The fourth-order valence-electron chi connectivity index (χ4n) is 1.46. The first-order valence-electron chi connectivity index (χ1n) is 4.41. The summed E-state index contributed by atoms with van der Waals surface area (Å²) >= 11 is 0. The van der Waals surface area contributed by atoms with Crippen molar-refractivity contribution in [2.75, 3.05) is 25.1 Å². The number of hydrogen-bond acceptors (Lipinski definition) is 3. The highest BCUT2D eigenvalue weighted by Crippen LogP contribution is 2.19. The minimum absolute atomic E-state index is 0.0379. The lowest BCUT2D eigenvalue weighted by Crippen LogP contribution is -2.33. The maximum absolute atomic E-state index is 11.5. The van der Waals surface area contributed by atoms with Gasteiger partial charge in [0.25, 0.3) is 0 Å². The van der Waals surface area contributed by atoms with Crippen molar-refractivity contribution >= 4 is 15.7 Å². The molecule has 1 saturated heterocycles. The van der Waals surface area contributed by atoms with E-state index in [2.05, 4.69) is 0 Å². The topological polar surface area (TPSA) is 54.5 Å². The third-order valence-electron chi connectivity index (χ3n) is 2.43. The van der Waals surface area contributed by atoms with Crippen molar-refractivity contribution in [3.63, 3.8) is 0 Å². The van der Waals surface area contributed by atoms with Crippen LogP contribution in [0.25, 0.3) is 0 Å². The van der Waals surface area contributed by atoms with E-state index in [1.165, 1.54) is 0 Å². The first-order chi connectivity index (χ1) is 5.96. The van der Waals surface area contributed by atoms with E-state index in [0.717, 1.165) is 0 Å². The quantitative estimate of drug-likeness (QED) is 0.632. The highest BCUT2D eigenvalue weighted by Gasteiger charge is 2.33. The van der Waals surface area contributed by atoms with Crippen LogP contribution in [0.3, 0.4) is 0 Å². The average molecular weight is 205 g/mol. The predicted octanol–water partition coefficient (Wildman–Crippen LogP) is -0.101. The molecule has 0 aromatic rings. The molecule has 0 N–H and O–H groups in total. The van der Waals surface area contributed by atoms with Gasteiger partial charge in [0, 0.05) is 13.6 Å². The molecule has 1 aliphatic rings. The van der Waals surface area contributed by atoms with Crippen molar-refractivity contribution < 1.29 is 13.2 Å². The molecule has 0 aliphatic carbocycles. The van der Waals surface area contributed by atoms with Crippen molar-refractivity contribution in [3.8, 4) is 0 Å². The Hall–Kier alpha value is -0.580. The highest BCUT2D eigenvalue weighted by molar-refractivity contribution is 7.91. The van der Waals surface area contributed by atoms with Gasteiger partial charge in [0.15, 0.2) is 9.84 Å².